The summed E-state index contributed by atoms with van der Waals surface area (Å²) < 4.78 is 0. The van der Waals surface area contributed by atoms with E-state index in [1.165, 1.54) is 49.8 Å². The molecule has 1 saturated carbocycles. The summed E-state index contributed by atoms with van der Waals surface area (Å²) in [5.74, 6) is 3.71. The van der Waals surface area contributed by atoms with Gasteiger partial charge in [-0.2, -0.15) is 0 Å². The predicted molar refractivity (Wildman–Crippen MR) is 87.8 cm³/mol. The summed E-state index contributed by atoms with van der Waals surface area (Å²) in [4.78, 5) is 9.97. The molecule has 0 radical (unpaired) electrons. The molecule has 1 N–H and O–H groups in total. The van der Waals surface area contributed by atoms with Gasteiger partial charge < -0.3 is 5.32 Å². The zero-order chi connectivity index (χ0) is 14.7. The van der Waals surface area contributed by atoms with Crippen LogP contribution in [-0.2, 0) is 12.8 Å². The van der Waals surface area contributed by atoms with Crippen LogP contribution in [0.15, 0.2) is 0 Å². The van der Waals surface area contributed by atoms with Gasteiger partial charge in [0.2, 0.25) is 0 Å². The third-order valence-electron chi connectivity index (χ3n) is 5.05. The van der Waals surface area contributed by atoms with Crippen molar-refractivity contribution in [3.05, 3.63) is 17.1 Å². The quantitative estimate of drug-likeness (QED) is 0.830. The van der Waals surface area contributed by atoms with E-state index in [9.17, 15) is 0 Å². The van der Waals surface area contributed by atoms with Crippen LogP contribution in [0.25, 0.3) is 0 Å². The first-order chi connectivity index (χ1) is 10.3. The Labute approximate surface area is 129 Å². The van der Waals surface area contributed by atoms with Crippen LogP contribution in [0.5, 0.6) is 0 Å². The van der Waals surface area contributed by atoms with E-state index < -0.39 is 0 Å². The van der Waals surface area contributed by atoms with Crippen molar-refractivity contribution >= 4 is 5.82 Å². The lowest BCUT2D eigenvalue weighted by Crippen LogP contribution is -2.13. The van der Waals surface area contributed by atoms with Crippen molar-refractivity contribution in [3.63, 3.8) is 0 Å². The molecule has 0 aliphatic heterocycles. The fraction of sp³-hybridized carbons (Fsp3) is 0.778. The third kappa shape index (κ3) is 3.38. The van der Waals surface area contributed by atoms with E-state index in [-0.39, 0.29) is 0 Å². The number of nitrogens with zero attached hydrogens (tertiary/aromatic N) is 2. The van der Waals surface area contributed by atoms with Gasteiger partial charge >= 0.3 is 0 Å². The highest BCUT2D eigenvalue weighted by Crippen LogP contribution is 2.37. The van der Waals surface area contributed by atoms with Gasteiger partial charge in [-0.1, -0.05) is 20.3 Å². The third-order valence-corrected chi connectivity index (χ3v) is 5.05. The molecule has 0 aromatic carbocycles. The summed E-state index contributed by atoms with van der Waals surface area (Å²) in [5.41, 5.74) is 2.76. The number of fused-ring (bicyclic) bond motifs is 1. The fourth-order valence-corrected chi connectivity index (χ4v) is 3.80. The first-order valence-electron chi connectivity index (χ1n) is 8.91. The van der Waals surface area contributed by atoms with Gasteiger partial charge in [-0.05, 0) is 57.3 Å². The molecule has 1 aromatic rings. The first-order valence-corrected chi connectivity index (χ1v) is 8.91. The Balaban J connectivity index is 1.92. The van der Waals surface area contributed by atoms with Gasteiger partial charge in [0.05, 0.1) is 0 Å². The van der Waals surface area contributed by atoms with Gasteiger partial charge in [-0.25, -0.2) is 9.97 Å². The Morgan fingerprint density at radius 2 is 1.95 bits per heavy atom. The van der Waals surface area contributed by atoms with Crippen molar-refractivity contribution in [1.82, 2.24) is 9.97 Å². The van der Waals surface area contributed by atoms with Gasteiger partial charge in [-0.15, -0.1) is 0 Å². The molecule has 21 heavy (non-hydrogen) atoms. The van der Waals surface area contributed by atoms with E-state index in [1.807, 2.05) is 0 Å². The van der Waals surface area contributed by atoms with Gasteiger partial charge in [0.25, 0.3) is 0 Å². The number of aromatic nitrogens is 2. The highest BCUT2D eigenvalue weighted by Gasteiger charge is 2.27. The molecule has 0 amide bonds. The summed E-state index contributed by atoms with van der Waals surface area (Å²) in [5, 5.41) is 3.57. The van der Waals surface area contributed by atoms with E-state index in [0.717, 1.165) is 43.4 Å². The smallest absolute Gasteiger partial charge is 0.134 e. The molecule has 3 heteroatoms. The van der Waals surface area contributed by atoms with E-state index in [1.54, 1.807) is 0 Å². The predicted octanol–water partition coefficient (Wildman–Crippen LogP) is 4.47. The topological polar surface area (TPSA) is 37.8 Å². The molecule has 116 valence electrons. The van der Waals surface area contributed by atoms with Crippen LogP contribution in [0.1, 0.15) is 81.8 Å². The second kappa shape index (κ2) is 6.76. The molecule has 3 rings (SSSR count). The summed E-state index contributed by atoms with van der Waals surface area (Å²) >= 11 is 0. The number of aryl methyl sites for hydroxylation is 1. The molecule has 2 aliphatic rings. The van der Waals surface area contributed by atoms with Crippen molar-refractivity contribution < 1.29 is 0 Å². The molecule has 1 fully saturated rings. The normalized spacial score (nSPS) is 25.4. The Bertz CT molecular complexity index is 484. The van der Waals surface area contributed by atoms with Gasteiger partial charge in [0.15, 0.2) is 0 Å². The van der Waals surface area contributed by atoms with Crippen LogP contribution in [-0.4, -0.2) is 16.5 Å². The number of hydrogen-bond donors (Lipinski definition) is 1. The monoisotopic (exact) mass is 287 g/mol. The number of anilines is 1. The van der Waals surface area contributed by atoms with Crippen molar-refractivity contribution in [2.24, 2.45) is 5.92 Å². The Morgan fingerprint density at radius 3 is 2.71 bits per heavy atom. The summed E-state index contributed by atoms with van der Waals surface area (Å²) in [6.45, 7) is 5.59. The molecule has 2 atom stereocenters. The largest absolute Gasteiger partial charge is 0.370 e. The average Bonchev–Trinajstić information content (AvgIpc) is 2.78. The molecule has 2 aliphatic carbocycles. The maximum atomic E-state index is 5.01. The molecule has 0 spiro atoms. The van der Waals surface area contributed by atoms with Crippen molar-refractivity contribution in [2.75, 3.05) is 11.9 Å². The molecular weight excluding hydrogens is 258 g/mol. The maximum absolute atomic E-state index is 5.01. The number of nitrogens with one attached hydrogen (secondary N) is 1. The second-order valence-corrected chi connectivity index (χ2v) is 6.96. The second-order valence-electron chi connectivity index (χ2n) is 6.96. The highest BCUT2D eigenvalue weighted by atomic mass is 15.0. The van der Waals surface area contributed by atoms with Crippen LogP contribution in [0.3, 0.4) is 0 Å². The van der Waals surface area contributed by atoms with Gasteiger partial charge in [0, 0.05) is 23.7 Å². The average molecular weight is 287 g/mol. The molecular formula is C18H29N3. The minimum absolute atomic E-state index is 0.593. The number of rotatable bonds is 4. The van der Waals surface area contributed by atoms with E-state index in [0.29, 0.717) is 5.92 Å². The minimum Gasteiger partial charge on any atom is -0.370 e. The lowest BCUT2D eigenvalue weighted by Gasteiger charge is -2.17. The number of hydrogen-bond acceptors (Lipinski definition) is 3. The SMILES string of the molecule is CCCNc1nc(C2CCC(C)C2)nc2c1CCCCC2. The minimum atomic E-state index is 0.593. The van der Waals surface area contributed by atoms with E-state index in [4.69, 9.17) is 9.97 Å². The van der Waals surface area contributed by atoms with E-state index >= 15 is 0 Å². The zero-order valence-electron chi connectivity index (χ0n) is 13.6. The van der Waals surface area contributed by atoms with Gasteiger partial charge in [-0.3, -0.25) is 0 Å². The van der Waals surface area contributed by atoms with Crippen LogP contribution in [0, 0.1) is 5.92 Å². The Hall–Kier alpha value is -1.12. The zero-order valence-corrected chi connectivity index (χ0v) is 13.6. The van der Waals surface area contributed by atoms with Crippen molar-refractivity contribution in [3.8, 4) is 0 Å². The molecule has 1 aromatic heterocycles. The Morgan fingerprint density at radius 1 is 1.10 bits per heavy atom. The molecule has 0 saturated heterocycles. The Kier molecular flexibility index (Phi) is 4.77. The van der Waals surface area contributed by atoms with Crippen LogP contribution in [0.4, 0.5) is 5.82 Å². The molecule has 2 unspecified atom stereocenters. The van der Waals surface area contributed by atoms with Crippen molar-refractivity contribution in [2.45, 2.75) is 77.6 Å². The molecule has 0 bridgehead atoms. The van der Waals surface area contributed by atoms with Gasteiger partial charge in [0.1, 0.15) is 11.6 Å². The lowest BCUT2D eigenvalue weighted by atomic mass is 10.0. The van der Waals surface area contributed by atoms with Crippen LogP contribution in [0.2, 0.25) is 0 Å². The summed E-state index contributed by atoms with van der Waals surface area (Å²) in [6.07, 6.45) is 11.2. The molecule has 1 heterocycles. The van der Waals surface area contributed by atoms with E-state index in [2.05, 4.69) is 19.2 Å². The standard InChI is InChI=1S/C18H29N3/c1-3-11-19-18-15-7-5-4-6-8-16(15)20-17(21-18)14-10-9-13(2)12-14/h13-14H,3-12H2,1-2H3,(H,19,20,21). The van der Waals surface area contributed by atoms with Crippen LogP contribution < -0.4 is 5.32 Å². The summed E-state index contributed by atoms with van der Waals surface area (Å²) in [6, 6.07) is 0. The fourth-order valence-electron chi connectivity index (χ4n) is 3.80. The molecule has 3 nitrogen and oxygen atoms in total. The van der Waals surface area contributed by atoms with Crippen LogP contribution >= 0.6 is 0 Å². The highest BCUT2D eigenvalue weighted by molar-refractivity contribution is 5.47. The van der Waals surface area contributed by atoms with Crippen molar-refractivity contribution in [1.29, 1.82) is 0 Å². The summed E-state index contributed by atoms with van der Waals surface area (Å²) in [7, 11) is 0. The maximum Gasteiger partial charge on any atom is 0.134 e. The lowest BCUT2D eigenvalue weighted by molar-refractivity contribution is 0.583. The first kappa shape index (κ1) is 14.8.